The fourth-order valence-corrected chi connectivity index (χ4v) is 4.84. The van der Waals surface area contributed by atoms with Crippen LogP contribution in [0.4, 0.5) is 5.69 Å². The van der Waals surface area contributed by atoms with E-state index in [9.17, 15) is 14.4 Å². The van der Waals surface area contributed by atoms with Gasteiger partial charge < -0.3 is 9.80 Å². The molecule has 0 radical (unpaired) electrons. The summed E-state index contributed by atoms with van der Waals surface area (Å²) in [7, 11) is 0. The quantitative estimate of drug-likeness (QED) is 0.737. The zero-order chi connectivity index (χ0) is 19.7. The van der Waals surface area contributed by atoms with Crippen molar-refractivity contribution in [1.29, 1.82) is 0 Å². The van der Waals surface area contributed by atoms with Crippen LogP contribution in [0.2, 0.25) is 0 Å². The number of fused-ring (bicyclic) bond motifs is 1. The van der Waals surface area contributed by atoms with Crippen LogP contribution in [0.3, 0.4) is 0 Å². The van der Waals surface area contributed by atoms with Crippen molar-refractivity contribution in [3.63, 3.8) is 0 Å². The van der Waals surface area contributed by atoms with Gasteiger partial charge in [0.15, 0.2) is 0 Å². The number of imide groups is 1. The second-order valence-electron chi connectivity index (χ2n) is 8.17. The predicted molar refractivity (Wildman–Crippen MR) is 108 cm³/mol. The summed E-state index contributed by atoms with van der Waals surface area (Å²) in [5, 5.41) is 0. The maximum atomic E-state index is 13.4. The number of anilines is 1. The van der Waals surface area contributed by atoms with E-state index in [2.05, 4.69) is 4.90 Å². The molecule has 0 N–H and O–H groups in total. The topological polar surface area (TPSA) is 60.9 Å². The van der Waals surface area contributed by atoms with Crippen LogP contribution < -0.4 is 4.90 Å². The molecular formula is C22H29N3O3. The first kappa shape index (κ1) is 19.0. The van der Waals surface area contributed by atoms with Gasteiger partial charge in [-0.3, -0.25) is 19.3 Å². The van der Waals surface area contributed by atoms with Crippen molar-refractivity contribution >= 4 is 23.4 Å². The molecule has 1 saturated heterocycles. The average molecular weight is 383 g/mol. The van der Waals surface area contributed by atoms with Crippen LogP contribution in [0.15, 0.2) is 18.2 Å². The molecule has 1 aromatic carbocycles. The first-order chi connectivity index (χ1) is 13.6. The molecule has 2 heterocycles. The monoisotopic (exact) mass is 383 g/mol. The molecule has 6 heteroatoms. The summed E-state index contributed by atoms with van der Waals surface area (Å²) in [5.74, 6) is -0.176. The second-order valence-corrected chi connectivity index (χ2v) is 8.17. The van der Waals surface area contributed by atoms with Crippen molar-refractivity contribution in [2.24, 2.45) is 0 Å². The standard InChI is InChI=1S/C22H29N3O3/c1-16(26)23-12-14-24(15-13-23)19-11-7-10-18-20(19)22(28)25(21(18)27)17-8-5-3-2-4-6-9-17/h7,10-11,17H,2-6,8-9,12-15H2,1H3. The van der Waals surface area contributed by atoms with Crippen LogP contribution in [0.5, 0.6) is 0 Å². The molecule has 1 aromatic rings. The van der Waals surface area contributed by atoms with Gasteiger partial charge in [-0.1, -0.05) is 38.2 Å². The molecule has 1 saturated carbocycles. The Hall–Kier alpha value is -2.37. The minimum Gasteiger partial charge on any atom is -0.367 e. The average Bonchev–Trinajstić information content (AvgIpc) is 2.93. The lowest BCUT2D eigenvalue weighted by molar-refractivity contribution is -0.129. The van der Waals surface area contributed by atoms with Crippen molar-refractivity contribution in [1.82, 2.24) is 9.80 Å². The van der Waals surface area contributed by atoms with Crippen LogP contribution in [-0.4, -0.2) is 59.7 Å². The number of rotatable bonds is 2. The molecule has 3 amide bonds. The summed E-state index contributed by atoms with van der Waals surface area (Å²) in [6.07, 6.45) is 7.62. The molecule has 0 bridgehead atoms. The van der Waals surface area contributed by atoms with Crippen LogP contribution in [0.25, 0.3) is 0 Å². The first-order valence-corrected chi connectivity index (χ1v) is 10.6. The van der Waals surface area contributed by atoms with E-state index in [0.29, 0.717) is 37.3 Å². The minimum absolute atomic E-state index is 0.0233. The van der Waals surface area contributed by atoms with Crippen LogP contribution in [0.1, 0.15) is 72.6 Å². The highest BCUT2D eigenvalue weighted by atomic mass is 16.2. The minimum atomic E-state index is -0.130. The Morgan fingerprint density at radius 1 is 0.893 bits per heavy atom. The van der Waals surface area contributed by atoms with Gasteiger partial charge in [-0.15, -0.1) is 0 Å². The highest BCUT2D eigenvalue weighted by molar-refractivity contribution is 6.24. The molecule has 28 heavy (non-hydrogen) atoms. The van der Waals surface area contributed by atoms with Crippen LogP contribution in [0, 0.1) is 0 Å². The number of nitrogens with zero attached hydrogens (tertiary/aromatic N) is 3. The molecule has 2 fully saturated rings. The second kappa shape index (κ2) is 7.94. The van der Waals surface area contributed by atoms with Gasteiger partial charge >= 0.3 is 0 Å². The zero-order valence-electron chi connectivity index (χ0n) is 16.7. The summed E-state index contributed by atoms with van der Waals surface area (Å²) in [5.41, 5.74) is 1.94. The summed E-state index contributed by atoms with van der Waals surface area (Å²) in [6, 6.07) is 5.62. The Bertz CT molecular complexity index is 775. The van der Waals surface area contributed by atoms with E-state index < -0.39 is 0 Å². The first-order valence-electron chi connectivity index (χ1n) is 10.6. The van der Waals surface area contributed by atoms with Crippen molar-refractivity contribution < 1.29 is 14.4 Å². The Morgan fingerprint density at radius 2 is 1.54 bits per heavy atom. The van der Waals surface area contributed by atoms with E-state index in [4.69, 9.17) is 0 Å². The summed E-state index contributed by atoms with van der Waals surface area (Å²) in [6.45, 7) is 4.24. The van der Waals surface area contributed by atoms with Gasteiger partial charge in [0.05, 0.1) is 16.8 Å². The van der Waals surface area contributed by atoms with E-state index in [1.54, 1.807) is 17.9 Å². The Labute approximate surface area is 166 Å². The van der Waals surface area contributed by atoms with Gasteiger partial charge in [0.1, 0.15) is 0 Å². The molecule has 6 nitrogen and oxygen atoms in total. The molecule has 2 aliphatic heterocycles. The highest BCUT2D eigenvalue weighted by Crippen LogP contribution is 2.35. The molecule has 1 aliphatic carbocycles. The predicted octanol–water partition coefficient (Wildman–Crippen LogP) is 3.06. The highest BCUT2D eigenvalue weighted by Gasteiger charge is 2.42. The normalized spacial score (nSPS) is 21.5. The molecule has 150 valence electrons. The lowest BCUT2D eigenvalue weighted by atomic mass is 9.95. The molecule has 0 atom stereocenters. The summed E-state index contributed by atoms with van der Waals surface area (Å²) in [4.78, 5) is 43.6. The lowest BCUT2D eigenvalue weighted by Crippen LogP contribution is -2.48. The fraction of sp³-hybridized carbons (Fsp3) is 0.591. The lowest BCUT2D eigenvalue weighted by Gasteiger charge is -2.36. The van der Waals surface area contributed by atoms with E-state index in [0.717, 1.165) is 31.4 Å². The van der Waals surface area contributed by atoms with Crippen molar-refractivity contribution in [2.75, 3.05) is 31.1 Å². The molecule has 0 unspecified atom stereocenters. The molecule has 3 aliphatic rings. The maximum Gasteiger partial charge on any atom is 0.263 e. The van der Waals surface area contributed by atoms with Crippen molar-refractivity contribution in [2.45, 2.75) is 57.9 Å². The van der Waals surface area contributed by atoms with Crippen molar-refractivity contribution in [3.8, 4) is 0 Å². The van der Waals surface area contributed by atoms with Gasteiger partial charge in [0, 0.05) is 39.1 Å². The van der Waals surface area contributed by atoms with Gasteiger partial charge in [-0.05, 0) is 25.0 Å². The van der Waals surface area contributed by atoms with E-state index in [-0.39, 0.29) is 23.8 Å². The number of carbonyl (C=O) groups is 3. The number of piperazine rings is 1. The maximum absolute atomic E-state index is 13.4. The molecule has 4 rings (SSSR count). The third-order valence-electron chi connectivity index (χ3n) is 6.43. The fourth-order valence-electron chi connectivity index (χ4n) is 4.84. The smallest absolute Gasteiger partial charge is 0.263 e. The summed E-state index contributed by atoms with van der Waals surface area (Å²) >= 11 is 0. The SMILES string of the molecule is CC(=O)N1CCN(c2cccc3c2C(=O)N(C2CCCCCCC2)C3=O)CC1. The van der Waals surface area contributed by atoms with Crippen LogP contribution in [-0.2, 0) is 4.79 Å². The third kappa shape index (κ3) is 3.40. The summed E-state index contributed by atoms with van der Waals surface area (Å²) < 4.78 is 0. The van der Waals surface area contributed by atoms with Gasteiger partial charge in [-0.2, -0.15) is 0 Å². The Morgan fingerprint density at radius 3 is 2.18 bits per heavy atom. The third-order valence-corrected chi connectivity index (χ3v) is 6.43. The number of carbonyl (C=O) groups excluding carboxylic acids is 3. The van der Waals surface area contributed by atoms with Crippen molar-refractivity contribution in [3.05, 3.63) is 29.3 Å². The molecular weight excluding hydrogens is 354 g/mol. The van der Waals surface area contributed by atoms with E-state index in [1.807, 2.05) is 17.0 Å². The van der Waals surface area contributed by atoms with E-state index >= 15 is 0 Å². The molecule has 0 spiro atoms. The van der Waals surface area contributed by atoms with Gasteiger partial charge in [0.2, 0.25) is 5.91 Å². The zero-order valence-corrected chi connectivity index (χ0v) is 16.7. The Kier molecular flexibility index (Phi) is 5.38. The Balaban J connectivity index is 1.58. The number of hydrogen-bond acceptors (Lipinski definition) is 4. The number of benzene rings is 1. The van der Waals surface area contributed by atoms with Crippen LogP contribution >= 0.6 is 0 Å². The largest absolute Gasteiger partial charge is 0.367 e. The molecule has 0 aromatic heterocycles. The van der Waals surface area contributed by atoms with Gasteiger partial charge in [0.25, 0.3) is 11.8 Å². The number of hydrogen-bond donors (Lipinski definition) is 0. The number of amides is 3. The van der Waals surface area contributed by atoms with Gasteiger partial charge in [-0.25, -0.2) is 0 Å². The van der Waals surface area contributed by atoms with E-state index in [1.165, 1.54) is 19.3 Å².